The van der Waals surface area contributed by atoms with E-state index in [1.165, 1.54) is 0 Å². The second-order valence-corrected chi connectivity index (χ2v) is 6.82. The van der Waals surface area contributed by atoms with Gasteiger partial charge in [0, 0.05) is 5.69 Å². The lowest BCUT2D eigenvalue weighted by molar-refractivity contribution is 0.342. The number of H-pyrrole nitrogens is 1. The fourth-order valence-corrected chi connectivity index (χ4v) is 4.04. The molecule has 0 aliphatic rings. The molecule has 0 bridgehead atoms. The maximum atomic E-state index is 12.3. The third-order valence-corrected chi connectivity index (χ3v) is 5.43. The van der Waals surface area contributed by atoms with E-state index in [-0.39, 0.29) is 4.21 Å². The zero-order valence-electron chi connectivity index (χ0n) is 11.0. The molecule has 1 aromatic heterocycles. The highest BCUT2D eigenvalue weighted by Gasteiger charge is 2.21. The Morgan fingerprint density at radius 2 is 2.05 bits per heavy atom. The largest absolute Gasteiger partial charge is 0.492 e. The molecule has 0 atom stereocenters. The molecule has 20 heavy (non-hydrogen) atoms. The summed E-state index contributed by atoms with van der Waals surface area (Å²) in [6.07, 6.45) is 0. The minimum absolute atomic E-state index is 0.0196. The Morgan fingerprint density at radius 1 is 1.35 bits per heavy atom. The highest BCUT2D eigenvalue weighted by Crippen LogP contribution is 2.27. The van der Waals surface area contributed by atoms with E-state index < -0.39 is 14.9 Å². The number of sulfonamides is 1. The van der Waals surface area contributed by atoms with Gasteiger partial charge >= 0.3 is 4.87 Å². The van der Waals surface area contributed by atoms with Gasteiger partial charge in [-0.15, -0.1) is 0 Å². The summed E-state index contributed by atoms with van der Waals surface area (Å²) in [5.74, 6) is 0.444. The summed E-state index contributed by atoms with van der Waals surface area (Å²) < 4.78 is 32.3. The Labute approximate surface area is 120 Å². The first kappa shape index (κ1) is 14.6. The second kappa shape index (κ2) is 5.68. The van der Waals surface area contributed by atoms with E-state index in [1.807, 2.05) is 6.92 Å². The number of hydrogen-bond acceptors (Lipinski definition) is 5. The van der Waals surface area contributed by atoms with Crippen LogP contribution in [0.2, 0.25) is 0 Å². The van der Waals surface area contributed by atoms with Gasteiger partial charge in [-0.2, -0.15) is 0 Å². The minimum Gasteiger partial charge on any atom is -0.492 e. The van der Waals surface area contributed by atoms with Crippen molar-refractivity contribution in [2.24, 2.45) is 0 Å². The third kappa shape index (κ3) is 3.02. The summed E-state index contributed by atoms with van der Waals surface area (Å²) in [6, 6.07) is 6.73. The minimum atomic E-state index is -3.81. The lowest BCUT2D eigenvalue weighted by Gasteiger charge is -2.11. The predicted octanol–water partition coefficient (Wildman–Crippen LogP) is 1.94. The molecule has 6 nitrogen and oxygen atoms in total. The average Bonchev–Trinajstić information content (AvgIpc) is 2.72. The molecule has 0 saturated carbocycles. The van der Waals surface area contributed by atoms with Crippen molar-refractivity contribution in [3.05, 3.63) is 39.6 Å². The molecule has 108 valence electrons. The summed E-state index contributed by atoms with van der Waals surface area (Å²) in [5, 5.41) is 0. The van der Waals surface area contributed by atoms with Crippen LogP contribution in [0.15, 0.2) is 33.3 Å². The molecule has 0 saturated heterocycles. The zero-order valence-corrected chi connectivity index (χ0v) is 12.6. The van der Waals surface area contributed by atoms with Crippen molar-refractivity contribution in [2.75, 3.05) is 11.3 Å². The Kier molecular flexibility index (Phi) is 4.15. The van der Waals surface area contributed by atoms with Gasteiger partial charge < -0.3 is 9.72 Å². The molecule has 0 spiro atoms. The quantitative estimate of drug-likeness (QED) is 0.883. The van der Waals surface area contributed by atoms with Crippen molar-refractivity contribution in [1.29, 1.82) is 0 Å². The van der Waals surface area contributed by atoms with Crippen molar-refractivity contribution < 1.29 is 13.2 Å². The first-order valence-corrected chi connectivity index (χ1v) is 8.18. The number of aromatic amines is 1. The summed E-state index contributed by atoms with van der Waals surface area (Å²) >= 11 is 0.657. The van der Waals surface area contributed by atoms with Gasteiger partial charge in [0.05, 0.1) is 12.3 Å². The van der Waals surface area contributed by atoms with Crippen molar-refractivity contribution in [3.8, 4) is 5.75 Å². The van der Waals surface area contributed by atoms with Crippen molar-refractivity contribution in [3.63, 3.8) is 0 Å². The van der Waals surface area contributed by atoms with Gasteiger partial charge in [-0.1, -0.05) is 23.5 Å². The Bertz CT molecular complexity index is 762. The third-order valence-electron chi connectivity index (χ3n) is 2.46. The Hall–Kier alpha value is -1.80. The van der Waals surface area contributed by atoms with Crippen LogP contribution in [0.4, 0.5) is 5.69 Å². The number of hydrogen-bond donors (Lipinski definition) is 2. The molecule has 0 aliphatic carbocycles. The van der Waals surface area contributed by atoms with Crippen LogP contribution in [0.25, 0.3) is 0 Å². The Morgan fingerprint density at radius 3 is 2.65 bits per heavy atom. The van der Waals surface area contributed by atoms with Crippen LogP contribution in [-0.4, -0.2) is 20.0 Å². The number of aromatic nitrogens is 1. The molecule has 2 N–H and O–H groups in total. The molecule has 0 aliphatic heterocycles. The van der Waals surface area contributed by atoms with Gasteiger partial charge in [0.1, 0.15) is 5.75 Å². The number of para-hydroxylation sites is 2. The fraction of sp³-hybridized carbons (Fsp3) is 0.250. The second-order valence-electron chi connectivity index (χ2n) is 3.96. The van der Waals surface area contributed by atoms with E-state index in [0.29, 0.717) is 35.1 Å². The fourth-order valence-electron chi connectivity index (χ4n) is 1.67. The Balaban J connectivity index is 2.38. The summed E-state index contributed by atoms with van der Waals surface area (Å²) in [6.45, 7) is 3.78. The van der Waals surface area contributed by atoms with Gasteiger partial charge in [0.15, 0.2) is 4.21 Å². The van der Waals surface area contributed by atoms with Gasteiger partial charge in [0.25, 0.3) is 10.0 Å². The van der Waals surface area contributed by atoms with Crippen LogP contribution >= 0.6 is 11.3 Å². The van der Waals surface area contributed by atoms with Crippen LogP contribution in [0.1, 0.15) is 12.6 Å². The van der Waals surface area contributed by atoms with Gasteiger partial charge in [-0.3, -0.25) is 9.52 Å². The molecule has 1 aromatic carbocycles. The number of thiazole rings is 1. The number of ether oxygens (including phenoxy) is 1. The predicted molar refractivity (Wildman–Crippen MR) is 78.1 cm³/mol. The smallest absolute Gasteiger partial charge is 0.306 e. The lowest BCUT2D eigenvalue weighted by atomic mass is 10.3. The number of rotatable bonds is 5. The van der Waals surface area contributed by atoms with Crippen molar-refractivity contribution in [1.82, 2.24) is 4.98 Å². The number of nitrogens with one attached hydrogen (secondary N) is 2. The highest BCUT2D eigenvalue weighted by atomic mass is 32.2. The standard InChI is InChI=1S/C12H14N2O4S2/c1-3-18-10-7-5-4-6-9(10)14-20(16,17)11-8(2)13-12(15)19-11/h4-7,14H,3H2,1-2H3,(H,13,15). The lowest BCUT2D eigenvalue weighted by Crippen LogP contribution is -2.13. The van der Waals surface area contributed by atoms with E-state index in [9.17, 15) is 13.2 Å². The van der Waals surface area contributed by atoms with Gasteiger partial charge in [-0.05, 0) is 26.0 Å². The zero-order chi connectivity index (χ0) is 14.8. The van der Waals surface area contributed by atoms with Crippen LogP contribution in [0, 0.1) is 6.92 Å². The molecule has 2 aromatic rings. The van der Waals surface area contributed by atoms with E-state index in [0.717, 1.165) is 0 Å². The van der Waals surface area contributed by atoms with Crippen molar-refractivity contribution >= 4 is 27.0 Å². The van der Waals surface area contributed by atoms with Crippen molar-refractivity contribution in [2.45, 2.75) is 18.1 Å². The normalized spacial score (nSPS) is 11.3. The van der Waals surface area contributed by atoms with Crippen LogP contribution in [0.5, 0.6) is 5.75 Å². The first-order valence-electron chi connectivity index (χ1n) is 5.88. The molecule has 0 amide bonds. The molecule has 2 rings (SSSR count). The monoisotopic (exact) mass is 314 g/mol. The van der Waals surface area contributed by atoms with Crippen LogP contribution < -0.4 is 14.3 Å². The number of aryl methyl sites for hydroxylation is 1. The van der Waals surface area contributed by atoms with E-state index in [4.69, 9.17) is 4.74 Å². The first-order chi connectivity index (χ1) is 9.44. The van der Waals surface area contributed by atoms with E-state index in [1.54, 1.807) is 31.2 Å². The van der Waals surface area contributed by atoms with E-state index in [2.05, 4.69) is 9.71 Å². The molecule has 0 radical (unpaired) electrons. The van der Waals surface area contributed by atoms with E-state index >= 15 is 0 Å². The van der Waals surface area contributed by atoms with Crippen LogP contribution in [-0.2, 0) is 10.0 Å². The maximum absolute atomic E-state index is 12.3. The molecular weight excluding hydrogens is 300 g/mol. The molecule has 0 fully saturated rings. The van der Waals surface area contributed by atoms with Crippen LogP contribution in [0.3, 0.4) is 0 Å². The summed E-state index contributed by atoms with van der Waals surface area (Å²) in [7, 11) is -3.81. The summed E-state index contributed by atoms with van der Waals surface area (Å²) in [5.41, 5.74) is 0.663. The topological polar surface area (TPSA) is 88.3 Å². The maximum Gasteiger partial charge on any atom is 0.306 e. The molecule has 8 heteroatoms. The van der Waals surface area contributed by atoms with Gasteiger partial charge in [-0.25, -0.2) is 8.42 Å². The molecule has 1 heterocycles. The average molecular weight is 314 g/mol. The molecule has 0 unspecified atom stereocenters. The summed E-state index contributed by atoms with van der Waals surface area (Å²) in [4.78, 5) is 13.3. The van der Waals surface area contributed by atoms with Gasteiger partial charge in [0.2, 0.25) is 0 Å². The SMILES string of the molecule is CCOc1ccccc1NS(=O)(=O)c1sc(=O)[nH]c1C. The number of anilines is 1. The number of benzene rings is 1. The molecular formula is C12H14N2O4S2. The highest BCUT2D eigenvalue weighted by molar-refractivity contribution is 7.94.